The number of para-hydroxylation sites is 1. The second-order valence-electron chi connectivity index (χ2n) is 3.89. The lowest BCUT2D eigenvalue weighted by molar-refractivity contribution is 0.427. The van der Waals surface area contributed by atoms with Crippen LogP contribution in [0.3, 0.4) is 0 Å². The number of hydrogen-bond donors (Lipinski definition) is 0. The number of nitrogens with zero attached hydrogens (tertiary/aromatic N) is 4. The fourth-order valence-corrected chi connectivity index (χ4v) is 2.12. The molecule has 100 valence electrons. The molecule has 0 aliphatic heterocycles. The Bertz CT molecular complexity index is 732. The summed E-state index contributed by atoms with van der Waals surface area (Å²) in [6.07, 6.45) is 0. The predicted molar refractivity (Wildman–Crippen MR) is 78.4 cm³/mol. The van der Waals surface area contributed by atoms with Crippen molar-refractivity contribution in [2.45, 2.75) is 0 Å². The van der Waals surface area contributed by atoms with E-state index >= 15 is 0 Å². The van der Waals surface area contributed by atoms with E-state index in [0.717, 1.165) is 10.2 Å². The molecule has 3 rings (SSSR count). The second-order valence-corrected chi connectivity index (χ2v) is 5.21. The quantitative estimate of drug-likeness (QED) is 0.719. The second kappa shape index (κ2) is 5.60. The van der Waals surface area contributed by atoms with Crippen LogP contribution in [0.1, 0.15) is 0 Å². The van der Waals surface area contributed by atoms with Gasteiger partial charge in [-0.15, -0.1) is 0 Å². The zero-order chi connectivity index (χ0) is 13.9. The van der Waals surface area contributed by atoms with Gasteiger partial charge in [-0.3, -0.25) is 0 Å². The Morgan fingerprint density at radius 2 is 1.90 bits per heavy atom. The van der Waals surface area contributed by atoms with E-state index in [2.05, 4.69) is 31.5 Å². The van der Waals surface area contributed by atoms with Crippen LogP contribution >= 0.6 is 27.5 Å². The highest BCUT2D eigenvalue weighted by molar-refractivity contribution is 9.10. The van der Waals surface area contributed by atoms with E-state index in [4.69, 9.17) is 16.3 Å². The molecule has 0 fully saturated rings. The highest BCUT2D eigenvalue weighted by Gasteiger charge is 2.12. The van der Waals surface area contributed by atoms with Gasteiger partial charge in [0.2, 0.25) is 0 Å². The van der Waals surface area contributed by atoms with Crippen LogP contribution in [0, 0.1) is 0 Å². The molecule has 0 N–H and O–H groups in total. The Hall–Kier alpha value is -1.92. The molecule has 1 aromatic heterocycles. The lowest BCUT2D eigenvalue weighted by Crippen LogP contribution is -2.00. The topological polar surface area (TPSA) is 52.8 Å². The summed E-state index contributed by atoms with van der Waals surface area (Å²) in [6.45, 7) is 0. The highest BCUT2D eigenvalue weighted by atomic mass is 79.9. The van der Waals surface area contributed by atoms with Crippen molar-refractivity contribution in [1.29, 1.82) is 0 Å². The lowest BCUT2D eigenvalue weighted by Gasteiger charge is -2.07. The largest absolute Gasteiger partial charge is 0.421 e. The third kappa shape index (κ3) is 2.66. The summed E-state index contributed by atoms with van der Waals surface area (Å²) in [5.41, 5.74) is 0.804. The van der Waals surface area contributed by atoms with Crippen molar-refractivity contribution >= 4 is 27.5 Å². The van der Waals surface area contributed by atoms with E-state index in [1.54, 1.807) is 12.1 Å². The van der Waals surface area contributed by atoms with Crippen molar-refractivity contribution in [2.24, 2.45) is 0 Å². The van der Waals surface area contributed by atoms with Crippen LogP contribution in [-0.2, 0) is 0 Å². The Balaban J connectivity index is 1.97. The van der Waals surface area contributed by atoms with Crippen molar-refractivity contribution < 1.29 is 4.74 Å². The van der Waals surface area contributed by atoms with Gasteiger partial charge in [-0.05, 0) is 40.8 Å². The van der Waals surface area contributed by atoms with E-state index < -0.39 is 0 Å². The fourth-order valence-electron chi connectivity index (χ4n) is 1.63. The summed E-state index contributed by atoms with van der Waals surface area (Å²) < 4.78 is 8.03. The standard InChI is InChI=1S/C13H8BrClN4O/c14-9-6-7-11(15)12(8-9)20-13-16-17-18-19(13)10-4-2-1-3-5-10/h1-8H. The van der Waals surface area contributed by atoms with Crippen molar-refractivity contribution in [2.75, 3.05) is 0 Å². The molecule has 0 radical (unpaired) electrons. The van der Waals surface area contributed by atoms with Gasteiger partial charge in [-0.25, -0.2) is 0 Å². The molecule has 2 aromatic carbocycles. The molecule has 5 nitrogen and oxygen atoms in total. The molecule has 0 aliphatic rings. The maximum absolute atomic E-state index is 6.09. The van der Waals surface area contributed by atoms with Gasteiger partial charge in [0.25, 0.3) is 0 Å². The van der Waals surface area contributed by atoms with Gasteiger partial charge in [0.05, 0.1) is 10.7 Å². The first-order chi connectivity index (χ1) is 9.74. The molecule has 7 heteroatoms. The smallest absolute Gasteiger partial charge is 0.345 e. The number of tetrazole rings is 1. The molecule has 0 atom stereocenters. The molecule has 0 saturated carbocycles. The first kappa shape index (κ1) is 13.1. The van der Waals surface area contributed by atoms with Gasteiger partial charge in [0, 0.05) is 4.47 Å². The van der Waals surface area contributed by atoms with Crippen molar-refractivity contribution in [1.82, 2.24) is 20.2 Å². The van der Waals surface area contributed by atoms with Crippen LogP contribution in [-0.4, -0.2) is 20.2 Å². The van der Waals surface area contributed by atoms with E-state index in [1.165, 1.54) is 4.68 Å². The minimum atomic E-state index is 0.246. The van der Waals surface area contributed by atoms with Gasteiger partial charge in [-0.2, -0.15) is 4.68 Å². The van der Waals surface area contributed by atoms with E-state index in [9.17, 15) is 0 Å². The van der Waals surface area contributed by atoms with Crippen molar-refractivity contribution in [3.8, 4) is 17.4 Å². The molecule has 0 amide bonds. The monoisotopic (exact) mass is 350 g/mol. The van der Waals surface area contributed by atoms with E-state index in [1.807, 2.05) is 36.4 Å². The molecule has 0 bridgehead atoms. The number of ether oxygens (including phenoxy) is 1. The average Bonchev–Trinajstić information content (AvgIpc) is 2.92. The number of benzene rings is 2. The third-order valence-electron chi connectivity index (χ3n) is 2.54. The van der Waals surface area contributed by atoms with Gasteiger partial charge in [0.1, 0.15) is 0 Å². The van der Waals surface area contributed by atoms with E-state index in [0.29, 0.717) is 10.8 Å². The van der Waals surface area contributed by atoms with Crippen molar-refractivity contribution in [3.63, 3.8) is 0 Å². The van der Waals surface area contributed by atoms with Crippen molar-refractivity contribution in [3.05, 3.63) is 58.0 Å². The summed E-state index contributed by atoms with van der Waals surface area (Å²) >= 11 is 9.45. The number of aromatic nitrogens is 4. The molecular weight excluding hydrogens is 344 g/mol. The summed E-state index contributed by atoms with van der Waals surface area (Å²) in [7, 11) is 0. The molecule has 0 saturated heterocycles. The minimum Gasteiger partial charge on any atom is -0.421 e. The van der Waals surface area contributed by atoms with Gasteiger partial charge in [-0.1, -0.05) is 50.8 Å². The Kier molecular flexibility index (Phi) is 3.66. The van der Waals surface area contributed by atoms with Crippen LogP contribution in [0.15, 0.2) is 53.0 Å². The first-order valence-electron chi connectivity index (χ1n) is 5.71. The van der Waals surface area contributed by atoms with Crippen LogP contribution in [0.4, 0.5) is 0 Å². The molecule has 0 aliphatic carbocycles. The highest BCUT2D eigenvalue weighted by Crippen LogP contribution is 2.31. The van der Waals surface area contributed by atoms with Gasteiger partial charge < -0.3 is 4.74 Å². The number of hydrogen-bond acceptors (Lipinski definition) is 4. The van der Waals surface area contributed by atoms with Gasteiger partial charge >= 0.3 is 6.01 Å². The summed E-state index contributed by atoms with van der Waals surface area (Å²) in [6, 6.07) is 15.0. The summed E-state index contributed by atoms with van der Waals surface area (Å²) in [5, 5.41) is 11.9. The average molecular weight is 352 g/mol. The number of halogens is 2. The summed E-state index contributed by atoms with van der Waals surface area (Å²) in [4.78, 5) is 0. The van der Waals surface area contributed by atoms with Gasteiger partial charge in [0.15, 0.2) is 5.75 Å². The third-order valence-corrected chi connectivity index (χ3v) is 3.34. The Labute approximate surface area is 128 Å². The van der Waals surface area contributed by atoms with E-state index in [-0.39, 0.29) is 6.01 Å². The summed E-state index contributed by atoms with van der Waals surface area (Å²) in [5.74, 6) is 0.480. The maximum Gasteiger partial charge on any atom is 0.345 e. The zero-order valence-corrected chi connectivity index (χ0v) is 12.4. The Morgan fingerprint density at radius 1 is 1.10 bits per heavy atom. The zero-order valence-electron chi connectivity index (χ0n) is 10.1. The molecule has 1 heterocycles. The molecule has 20 heavy (non-hydrogen) atoms. The molecule has 3 aromatic rings. The van der Waals surface area contributed by atoms with Crippen LogP contribution < -0.4 is 4.74 Å². The molecule has 0 unspecified atom stereocenters. The number of rotatable bonds is 3. The SMILES string of the molecule is Clc1ccc(Br)cc1Oc1nnnn1-c1ccccc1. The first-order valence-corrected chi connectivity index (χ1v) is 6.88. The van der Waals surface area contributed by atoms with Crippen LogP contribution in [0.5, 0.6) is 11.8 Å². The lowest BCUT2D eigenvalue weighted by atomic mass is 10.3. The molecular formula is C13H8BrClN4O. The maximum atomic E-state index is 6.09. The molecule has 0 spiro atoms. The Morgan fingerprint density at radius 3 is 2.70 bits per heavy atom. The normalized spacial score (nSPS) is 10.5. The fraction of sp³-hybridized carbons (Fsp3) is 0. The van der Waals surface area contributed by atoms with Crippen LogP contribution in [0.25, 0.3) is 5.69 Å². The minimum absolute atomic E-state index is 0.246. The van der Waals surface area contributed by atoms with Crippen LogP contribution in [0.2, 0.25) is 5.02 Å². The predicted octanol–water partition coefficient (Wildman–Crippen LogP) is 3.87.